The lowest BCUT2D eigenvalue weighted by molar-refractivity contribution is 0.404. The standard InChI is InChI=1S/C13H19NO/c1-9(14-2)11-7-3-5-10-6-4-8-12(15)13(10)11/h4,6,8-9,11,14-15H,3,5,7H2,1-2H3. The van der Waals surface area contributed by atoms with E-state index in [-0.39, 0.29) is 0 Å². The third-order valence-electron chi connectivity index (χ3n) is 3.56. The molecule has 2 atom stereocenters. The van der Waals surface area contributed by atoms with E-state index in [4.69, 9.17) is 0 Å². The molecular weight excluding hydrogens is 186 g/mol. The second-order valence-electron chi connectivity index (χ2n) is 4.43. The Kier molecular flexibility index (Phi) is 2.96. The van der Waals surface area contributed by atoms with Crippen LogP contribution in [0.4, 0.5) is 0 Å². The van der Waals surface area contributed by atoms with E-state index in [1.807, 2.05) is 13.1 Å². The van der Waals surface area contributed by atoms with E-state index in [0.29, 0.717) is 17.7 Å². The predicted octanol–water partition coefficient (Wildman–Crippen LogP) is 2.42. The molecule has 0 saturated carbocycles. The largest absolute Gasteiger partial charge is 0.508 e. The maximum absolute atomic E-state index is 9.94. The molecule has 0 fully saturated rings. The Morgan fingerprint density at radius 3 is 3.00 bits per heavy atom. The Balaban J connectivity index is 2.40. The molecule has 2 unspecified atom stereocenters. The maximum atomic E-state index is 9.94. The monoisotopic (exact) mass is 205 g/mol. The fraction of sp³-hybridized carbons (Fsp3) is 0.538. The summed E-state index contributed by atoms with van der Waals surface area (Å²) in [6.07, 6.45) is 3.51. The number of aryl methyl sites for hydroxylation is 1. The number of rotatable bonds is 2. The average Bonchev–Trinajstić information content (AvgIpc) is 2.28. The smallest absolute Gasteiger partial charge is 0.119 e. The number of hydrogen-bond donors (Lipinski definition) is 2. The van der Waals surface area contributed by atoms with Crippen LogP contribution < -0.4 is 5.32 Å². The van der Waals surface area contributed by atoms with E-state index >= 15 is 0 Å². The van der Waals surface area contributed by atoms with Crippen LogP contribution in [0.5, 0.6) is 5.75 Å². The van der Waals surface area contributed by atoms with Crippen molar-refractivity contribution in [2.75, 3.05) is 7.05 Å². The van der Waals surface area contributed by atoms with Gasteiger partial charge in [-0.15, -0.1) is 0 Å². The number of fused-ring (bicyclic) bond motifs is 1. The van der Waals surface area contributed by atoms with Gasteiger partial charge in [0, 0.05) is 17.5 Å². The number of phenolic OH excluding ortho intramolecular Hbond substituents is 1. The third kappa shape index (κ3) is 1.86. The first kappa shape index (κ1) is 10.5. The Morgan fingerprint density at radius 2 is 2.27 bits per heavy atom. The minimum absolute atomic E-state index is 0.428. The topological polar surface area (TPSA) is 32.3 Å². The lowest BCUT2D eigenvalue weighted by atomic mass is 9.79. The van der Waals surface area contributed by atoms with Gasteiger partial charge in [-0.25, -0.2) is 0 Å². The van der Waals surface area contributed by atoms with Crippen LogP contribution in [0, 0.1) is 0 Å². The lowest BCUT2D eigenvalue weighted by Crippen LogP contribution is -2.31. The molecule has 1 aliphatic carbocycles. The average molecular weight is 205 g/mol. The van der Waals surface area contributed by atoms with Crippen LogP contribution in [0.25, 0.3) is 0 Å². The van der Waals surface area contributed by atoms with Gasteiger partial charge in [-0.05, 0) is 44.9 Å². The molecule has 0 bridgehead atoms. The first-order valence-corrected chi connectivity index (χ1v) is 5.72. The Bertz CT molecular complexity index is 348. The summed E-state index contributed by atoms with van der Waals surface area (Å²) in [7, 11) is 1.99. The van der Waals surface area contributed by atoms with Gasteiger partial charge in [-0.3, -0.25) is 0 Å². The number of hydrogen-bond acceptors (Lipinski definition) is 2. The van der Waals surface area contributed by atoms with Crippen molar-refractivity contribution in [2.24, 2.45) is 0 Å². The van der Waals surface area contributed by atoms with Gasteiger partial charge >= 0.3 is 0 Å². The Labute approximate surface area is 91.3 Å². The second kappa shape index (κ2) is 4.23. The van der Waals surface area contributed by atoms with Crippen LogP contribution in [0.15, 0.2) is 18.2 Å². The molecule has 2 N–H and O–H groups in total. The summed E-state index contributed by atoms with van der Waals surface area (Å²) >= 11 is 0. The summed E-state index contributed by atoms with van der Waals surface area (Å²) in [4.78, 5) is 0. The zero-order chi connectivity index (χ0) is 10.8. The van der Waals surface area contributed by atoms with Gasteiger partial charge < -0.3 is 10.4 Å². The summed E-state index contributed by atoms with van der Waals surface area (Å²) < 4.78 is 0. The van der Waals surface area contributed by atoms with Gasteiger partial charge in [0.1, 0.15) is 5.75 Å². The molecule has 2 rings (SSSR count). The van der Waals surface area contributed by atoms with E-state index in [2.05, 4.69) is 18.3 Å². The molecule has 0 radical (unpaired) electrons. The van der Waals surface area contributed by atoms with Crippen molar-refractivity contribution < 1.29 is 5.11 Å². The number of likely N-dealkylation sites (N-methyl/N-ethyl adjacent to an activating group) is 1. The van der Waals surface area contributed by atoms with E-state index in [1.165, 1.54) is 24.0 Å². The fourth-order valence-electron chi connectivity index (χ4n) is 2.60. The third-order valence-corrected chi connectivity index (χ3v) is 3.56. The minimum Gasteiger partial charge on any atom is -0.508 e. The van der Waals surface area contributed by atoms with Crippen molar-refractivity contribution in [2.45, 2.75) is 38.1 Å². The van der Waals surface area contributed by atoms with E-state index < -0.39 is 0 Å². The maximum Gasteiger partial charge on any atom is 0.119 e. The molecule has 1 aromatic carbocycles. The van der Waals surface area contributed by atoms with Crippen molar-refractivity contribution in [1.29, 1.82) is 0 Å². The number of phenols is 1. The van der Waals surface area contributed by atoms with Crippen molar-refractivity contribution in [1.82, 2.24) is 5.32 Å². The first-order chi connectivity index (χ1) is 7.24. The molecule has 1 aromatic rings. The van der Waals surface area contributed by atoms with E-state index in [9.17, 15) is 5.11 Å². The molecule has 0 saturated heterocycles. The fourth-order valence-corrected chi connectivity index (χ4v) is 2.60. The second-order valence-corrected chi connectivity index (χ2v) is 4.43. The highest BCUT2D eigenvalue weighted by Crippen LogP contribution is 2.38. The summed E-state index contributed by atoms with van der Waals surface area (Å²) in [6.45, 7) is 2.19. The minimum atomic E-state index is 0.428. The number of aromatic hydroxyl groups is 1. The SMILES string of the molecule is CNC(C)C1CCCc2cccc(O)c21. The lowest BCUT2D eigenvalue weighted by Gasteiger charge is -2.30. The van der Waals surface area contributed by atoms with Crippen LogP contribution in [0.2, 0.25) is 0 Å². The van der Waals surface area contributed by atoms with Crippen molar-refractivity contribution in [3.05, 3.63) is 29.3 Å². The van der Waals surface area contributed by atoms with Gasteiger partial charge in [0.25, 0.3) is 0 Å². The van der Waals surface area contributed by atoms with Gasteiger partial charge in [0.05, 0.1) is 0 Å². The van der Waals surface area contributed by atoms with E-state index in [1.54, 1.807) is 6.07 Å². The van der Waals surface area contributed by atoms with Gasteiger partial charge in [0.15, 0.2) is 0 Å². The summed E-state index contributed by atoms with van der Waals surface area (Å²) in [5.41, 5.74) is 2.50. The van der Waals surface area contributed by atoms with Crippen LogP contribution in [-0.2, 0) is 6.42 Å². The first-order valence-electron chi connectivity index (χ1n) is 5.72. The molecule has 82 valence electrons. The molecule has 0 aromatic heterocycles. The van der Waals surface area contributed by atoms with Gasteiger partial charge in [0.2, 0.25) is 0 Å². The molecule has 2 heteroatoms. The molecule has 0 heterocycles. The van der Waals surface area contributed by atoms with Crippen LogP contribution in [0.1, 0.15) is 36.8 Å². The highest BCUT2D eigenvalue weighted by Gasteiger charge is 2.26. The Hall–Kier alpha value is -1.02. The normalized spacial score (nSPS) is 22.1. The zero-order valence-corrected chi connectivity index (χ0v) is 9.46. The molecule has 1 aliphatic rings. The van der Waals surface area contributed by atoms with Crippen molar-refractivity contribution >= 4 is 0 Å². The van der Waals surface area contributed by atoms with Crippen molar-refractivity contribution in [3.63, 3.8) is 0 Å². The molecule has 15 heavy (non-hydrogen) atoms. The van der Waals surface area contributed by atoms with Gasteiger partial charge in [-0.2, -0.15) is 0 Å². The Morgan fingerprint density at radius 1 is 1.47 bits per heavy atom. The summed E-state index contributed by atoms with van der Waals surface area (Å²) in [5.74, 6) is 0.930. The predicted molar refractivity (Wildman–Crippen MR) is 62.3 cm³/mol. The van der Waals surface area contributed by atoms with Crippen LogP contribution in [-0.4, -0.2) is 18.2 Å². The summed E-state index contributed by atoms with van der Waals surface area (Å²) in [5, 5.41) is 13.2. The van der Waals surface area contributed by atoms with E-state index in [0.717, 1.165) is 6.42 Å². The molecule has 0 aliphatic heterocycles. The number of benzene rings is 1. The highest BCUT2D eigenvalue weighted by molar-refractivity contribution is 5.44. The molecule has 0 spiro atoms. The molecule has 0 amide bonds. The number of nitrogens with one attached hydrogen (secondary N) is 1. The van der Waals surface area contributed by atoms with Crippen LogP contribution >= 0.6 is 0 Å². The molecule has 2 nitrogen and oxygen atoms in total. The van der Waals surface area contributed by atoms with Gasteiger partial charge in [-0.1, -0.05) is 12.1 Å². The molecular formula is C13H19NO. The zero-order valence-electron chi connectivity index (χ0n) is 9.46. The van der Waals surface area contributed by atoms with Crippen molar-refractivity contribution in [3.8, 4) is 5.75 Å². The highest BCUT2D eigenvalue weighted by atomic mass is 16.3. The quantitative estimate of drug-likeness (QED) is 0.777. The summed E-state index contributed by atoms with van der Waals surface area (Å²) in [6, 6.07) is 6.32. The van der Waals surface area contributed by atoms with Crippen LogP contribution in [0.3, 0.4) is 0 Å².